The van der Waals surface area contributed by atoms with E-state index in [1.807, 2.05) is 0 Å². The molecule has 1 fully saturated rings. The Bertz CT molecular complexity index is 419. The standard InChI is InChI=1S/C15H21NO2/c17-14-2-1-7-16(11-14)8-5-12-3-4-15-13(10-12)6-9-18-15/h3-4,10,14,17H,1-2,5-9,11H2. The van der Waals surface area contributed by atoms with E-state index < -0.39 is 0 Å². The van der Waals surface area contributed by atoms with Crippen molar-refractivity contribution in [2.45, 2.75) is 31.8 Å². The largest absolute Gasteiger partial charge is 0.493 e. The third-order valence-corrected chi connectivity index (χ3v) is 3.95. The monoisotopic (exact) mass is 247 g/mol. The summed E-state index contributed by atoms with van der Waals surface area (Å²) in [5, 5.41) is 9.65. The van der Waals surface area contributed by atoms with E-state index in [4.69, 9.17) is 4.74 Å². The van der Waals surface area contributed by atoms with Crippen LogP contribution in [0.1, 0.15) is 24.0 Å². The SMILES string of the molecule is OC1CCCN(CCc2ccc3c(c2)CCO3)C1. The van der Waals surface area contributed by atoms with Crippen molar-refractivity contribution in [3.63, 3.8) is 0 Å². The Morgan fingerprint density at radius 3 is 3.22 bits per heavy atom. The van der Waals surface area contributed by atoms with Crippen LogP contribution in [0.3, 0.4) is 0 Å². The number of aliphatic hydroxyl groups excluding tert-OH is 1. The average molecular weight is 247 g/mol. The minimum absolute atomic E-state index is 0.118. The van der Waals surface area contributed by atoms with Crippen LogP contribution < -0.4 is 4.74 Å². The first-order valence-electron chi connectivity index (χ1n) is 6.96. The number of ether oxygens (including phenoxy) is 1. The molecule has 3 nitrogen and oxygen atoms in total. The molecule has 18 heavy (non-hydrogen) atoms. The normalized spacial score (nSPS) is 23.7. The van der Waals surface area contributed by atoms with Crippen molar-refractivity contribution < 1.29 is 9.84 Å². The minimum atomic E-state index is -0.118. The van der Waals surface area contributed by atoms with Gasteiger partial charge in [0.05, 0.1) is 12.7 Å². The number of fused-ring (bicyclic) bond motifs is 1. The first-order valence-corrected chi connectivity index (χ1v) is 6.96. The van der Waals surface area contributed by atoms with Gasteiger partial charge in [0, 0.05) is 19.5 Å². The number of rotatable bonds is 3. The van der Waals surface area contributed by atoms with Gasteiger partial charge >= 0.3 is 0 Å². The Morgan fingerprint density at radius 2 is 2.33 bits per heavy atom. The van der Waals surface area contributed by atoms with Crippen molar-refractivity contribution in [2.24, 2.45) is 0 Å². The second kappa shape index (κ2) is 5.29. The molecule has 2 heterocycles. The molecule has 1 unspecified atom stereocenters. The highest BCUT2D eigenvalue weighted by Gasteiger charge is 2.17. The summed E-state index contributed by atoms with van der Waals surface area (Å²) in [5.41, 5.74) is 2.74. The van der Waals surface area contributed by atoms with Crippen molar-refractivity contribution >= 4 is 0 Å². The maximum atomic E-state index is 9.65. The van der Waals surface area contributed by atoms with Gasteiger partial charge in [0.25, 0.3) is 0 Å². The number of hydrogen-bond donors (Lipinski definition) is 1. The third kappa shape index (κ3) is 2.68. The molecular weight excluding hydrogens is 226 g/mol. The van der Waals surface area contributed by atoms with Gasteiger partial charge in [-0.2, -0.15) is 0 Å². The summed E-state index contributed by atoms with van der Waals surface area (Å²) in [6, 6.07) is 6.55. The van der Waals surface area contributed by atoms with Crippen LogP contribution in [0, 0.1) is 0 Å². The minimum Gasteiger partial charge on any atom is -0.493 e. The van der Waals surface area contributed by atoms with Crippen molar-refractivity contribution in [3.05, 3.63) is 29.3 Å². The lowest BCUT2D eigenvalue weighted by atomic mass is 10.0. The van der Waals surface area contributed by atoms with Crippen molar-refractivity contribution in [3.8, 4) is 5.75 Å². The van der Waals surface area contributed by atoms with E-state index in [9.17, 15) is 5.11 Å². The maximum Gasteiger partial charge on any atom is 0.122 e. The van der Waals surface area contributed by atoms with Crippen LogP contribution in [0.5, 0.6) is 5.75 Å². The van der Waals surface area contributed by atoms with Gasteiger partial charge in [-0.05, 0) is 43.0 Å². The Hall–Kier alpha value is -1.06. The van der Waals surface area contributed by atoms with Gasteiger partial charge in [-0.3, -0.25) is 0 Å². The molecule has 0 aliphatic carbocycles. The van der Waals surface area contributed by atoms with Crippen LogP contribution in [0.15, 0.2) is 18.2 Å². The van der Waals surface area contributed by atoms with E-state index >= 15 is 0 Å². The van der Waals surface area contributed by atoms with Crippen LogP contribution in [-0.4, -0.2) is 42.4 Å². The first-order chi connectivity index (χ1) is 8.81. The Morgan fingerprint density at radius 1 is 1.39 bits per heavy atom. The van der Waals surface area contributed by atoms with Gasteiger partial charge in [-0.25, -0.2) is 0 Å². The molecule has 0 aromatic heterocycles. The topological polar surface area (TPSA) is 32.7 Å². The second-order valence-corrected chi connectivity index (χ2v) is 5.39. The number of benzene rings is 1. The predicted molar refractivity (Wildman–Crippen MR) is 71.0 cm³/mol. The Kier molecular flexibility index (Phi) is 3.52. The summed E-state index contributed by atoms with van der Waals surface area (Å²) in [7, 11) is 0. The fourth-order valence-corrected chi connectivity index (χ4v) is 2.92. The smallest absolute Gasteiger partial charge is 0.122 e. The van der Waals surface area contributed by atoms with Crippen molar-refractivity contribution in [2.75, 3.05) is 26.2 Å². The first kappa shape index (κ1) is 12.0. The van der Waals surface area contributed by atoms with E-state index in [1.54, 1.807) is 0 Å². The summed E-state index contributed by atoms with van der Waals surface area (Å²) in [5.74, 6) is 1.06. The molecule has 2 aliphatic rings. The molecular formula is C15H21NO2. The van der Waals surface area contributed by atoms with E-state index in [1.165, 1.54) is 11.1 Å². The van der Waals surface area contributed by atoms with Gasteiger partial charge in [0.1, 0.15) is 5.75 Å². The molecule has 98 valence electrons. The molecule has 2 aliphatic heterocycles. The summed E-state index contributed by atoms with van der Waals surface area (Å²) in [6.07, 6.45) is 4.09. The molecule has 0 saturated carbocycles. The molecule has 0 bridgehead atoms. The van der Waals surface area contributed by atoms with E-state index in [0.29, 0.717) is 0 Å². The van der Waals surface area contributed by atoms with Gasteiger partial charge < -0.3 is 14.7 Å². The predicted octanol–water partition coefficient (Wildman–Crippen LogP) is 1.62. The molecule has 3 rings (SSSR count). The van der Waals surface area contributed by atoms with Crippen LogP contribution in [-0.2, 0) is 12.8 Å². The number of piperidine rings is 1. The summed E-state index contributed by atoms with van der Waals surface area (Å²) in [4.78, 5) is 2.37. The zero-order chi connectivity index (χ0) is 12.4. The summed E-state index contributed by atoms with van der Waals surface area (Å²) in [6.45, 7) is 3.85. The summed E-state index contributed by atoms with van der Waals surface area (Å²) < 4.78 is 5.52. The molecule has 0 amide bonds. The van der Waals surface area contributed by atoms with Crippen molar-refractivity contribution in [1.29, 1.82) is 0 Å². The van der Waals surface area contributed by atoms with E-state index in [2.05, 4.69) is 23.1 Å². The highest BCUT2D eigenvalue weighted by Crippen LogP contribution is 2.26. The highest BCUT2D eigenvalue weighted by atomic mass is 16.5. The molecule has 0 spiro atoms. The number of hydrogen-bond acceptors (Lipinski definition) is 3. The quantitative estimate of drug-likeness (QED) is 0.881. The molecule has 3 heteroatoms. The van der Waals surface area contributed by atoms with Crippen LogP contribution in [0.25, 0.3) is 0 Å². The van der Waals surface area contributed by atoms with E-state index in [-0.39, 0.29) is 6.10 Å². The number of aliphatic hydroxyl groups is 1. The van der Waals surface area contributed by atoms with Crippen LogP contribution >= 0.6 is 0 Å². The molecule has 1 atom stereocenters. The van der Waals surface area contributed by atoms with Gasteiger partial charge in [0.2, 0.25) is 0 Å². The fourth-order valence-electron chi connectivity index (χ4n) is 2.92. The number of likely N-dealkylation sites (tertiary alicyclic amines) is 1. The van der Waals surface area contributed by atoms with Gasteiger partial charge in [-0.15, -0.1) is 0 Å². The Labute approximate surface area is 108 Å². The maximum absolute atomic E-state index is 9.65. The lowest BCUT2D eigenvalue weighted by molar-refractivity contribution is 0.0714. The summed E-state index contributed by atoms with van der Waals surface area (Å²) >= 11 is 0. The lowest BCUT2D eigenvalue weighted by Crippen LogP contribution is -2.39. The zero-order valence-corrected chi connectivity index (χ0v) is 10.8. The van der Waals surface area contributed by atoms with Crippen molar-refractivity contribution in [1.82, 2.24) is 4.90 Å². The number of nitrogens with zero attached hydrogens (tertiary/aromatic N) is 1. The van der Waals surface area contributed by atoms with Crippen LogP contribution in [0.4, 0.5) is 0 Å². The van der Waals surface area contributed by atoms with Gasteiger partial charge in [-0.1, -0.05) is 12.1 Å². The second-order valence-electron chi connectivity index (χ2n) is 5.39. The van der Waals surface area contributed by atoms with Gasteiger partial charge in [0.15, 0.2) is 0 Å². The Balaban J connectivity index is 1.56. The average Bonchev–Trinajstić information content (AvgIpc) is 2.84. The third-order valence-electron chi connectivity index (χ3n) is 3.95. The zero-order valence-electron chi connectivity index (χ0n) is 10.8. The molecule has 1 aromatic rings. The molecule has 1 N–H and O–H groups in total. The molecule has 0 radical (unpaired) electrons. The lowest BCUT2D eigenvalue weighted by Gasteiger charge is -2.29. The van der Waals surface area contributed by atoms with E-state index in [0.717, 1.165) is 57.7 Å². The number of β-amino-alcohol motifs (C(OH)–C–C–N with tert-alkyl or cyclic N) is 1. The molecule has 1 aromatic carbocycles. The highest BCUT2D eigenvalue weighted by molar-refractivity contribution is 5.39. The van der Waals surface area contributed by atoms with Crippen LogP contribution in [0.2, 0.25) is 0 Å². The fraction of sp³-hybridized carbons (Fsp3) is 0.600. The molecule has 1 saturated heterocycles.